The van der Waals surface area contributed by atoms with Gasteiger partial charge in [-0.2, -0.15) is 0 Å². The molecule has 142 valence electrons. The third kappa shape index (κ3) is 5.28. The zero-order valence-corrected chi connectivity index (χ0v) is 16.1. The lowest BCUT2D eigenvalue weighted by molar-refractivity contribution is 0.0664. The number of carbonyl (C=O) groups is 2. The molecule has 27 heavy (non-hydrogen) atoms. The van der Waals surface area contributed by atoms with Crippen molar-refractivity contribution in [1.29, 1.82) is 0 Å². The number of rotatable bonds is 5. The van der Waals surface area contributed by atoms with Crippen molar-refractivity contribution < 1.29 is 9.59 Å². The Bertz CT molecular complexity index is 819. The van der Waals surface area contributed by atoms with Gasteiger partial charge in [0.15, 0.2) is 0 Å². The molecule has 1 aliphatic heterocycles. The molecule has 2 amide bonds. The smallest absolute Gasteiger partial charge is 0.269 e. The van der Waals surface area contributed by atoms with Crippen molar-refractivity contribution in [3.8, 4) is 0 Å². The van der Waals surface area contributed by atoms with E-state index in [9.17, 15) is 9.59 Å². The Balaban J connectivity index is 1.57. The van der Waals surface area contributed by atoms with Crippen molar-refractivity contribution in [1.82, 2.24) is 20.1 Å². The van der Waals surface area contributed by atoms with E-state index in [0.717, 1.165) is 18.7 Å². The highest BCUT2D eigenvalue weighted by Gasteiger charge is 2.21. The molecule has 2 aromatic rings. The van der Waals surface area contributed by atoms with Crippen LogP contribution in [0, 0.1) is 0 Å². The molecule has 3 rings (SSSR count). The van der Waals surface area contributed by atoms with Crippen LogP contribution in [0.5, 0.6) is 0 Å². The second kappa shape index (κ2) is 8.97. The molecule has 0 aliphatic carbocycles. The van der Waals surface area contributed by atoms with E-state index in [1.807, 2.05) is 36.2 Å². The number of aromatic nitrogens is 1. The van der Waals surface area contributed by atoms with Crippen molar-refractivity contribution in [3.63, 3.8) is 0 Å². The highest BCUT2D eigenvalue weighted by Crippen LogP contribution is 2.11. The number of likely N-dealkylation sites (N-methyl/N-ethyl adjacent to an activating group) is 1. The molecule has 0 saturated carbocycles. The van der Waals surface area contributed by atoms with Crippen LogP contribution in [0.15, 0.2) is 42.6 Å². The van der Waals surface area contributed by atoms with Crippen LogP contribution in [0.25, 0.3) is 0 Å². The number of hydrogen-bond acceptors (Lipinski definition) is 4. The second-order valence-electron chi connectivity index (χ2n) is 6.66. The summed E-state index contributed by atoms with van der Waals surface area (Å²) in [6, 6.07) is 10.8. The van der Waals surface area contributed by atoms with E-state index in [4.69, 9.17) is 11.6 Å². The Hall–Kier alpha value is -2.44. The maximum atomic E-state index is 12.6. The molecule has 0 radical (unpaired) electrons. The number of carbonyl (C=O) groups excluding carboxylic acids is 2. The maximum Gasteiger partial charge on any atom is 0.269 e. The van der Waals surface area contributed by atoms with E-state index in [2.05, 4.69) is 15.2 Å². The zero-order valence-electron chi connectivity index (χ0n) is 15.3. The van der Waals surface area contributed by atoms with Gasteiger partial charge in [-0.15, -0.1) is 0 Å². The van der Waals surface area contributed by atoms with Gasteiger partial charge in [0.2, 0.25) is 0 Å². The van der Waals surface area contributed by atoms with Crippen molar-refractivity contribution in [2.75, 3.05) is 39.8 Å². The molecule has 1 fully saturated rings. The molecule has 1 aliphatic rings. The van der Waals surface area contributed by atoms with E-state index in [-0.39, 0.29) is 17.5 Å². The molecule has 0 bridgehead atoms. The number of benzene rings is 1. The molecular formula is C20H23ClN4O2. The number of amides is 2. The molecule has 1 N–H and O–H groups in total. The number of pyridine rings is 1. The summed E-state index contributed by atoms with van der Waals surface area (Å²) < 4.78 is 0. The highest BCUT2D eigenvalue weighted by atomic mass is 35.5. The summed E-state index contributed by atoms with van der Waals surface area (Å²) in [5.41, 5.74) is 1.80. The van der Waals surface area contributed by atoms with Crippen LogP contribution in [0.3, 0.4) is 0 Å². The topological polar surface area (TPSA) is 65.5 Å². The fourth-order valence-corrected chi connectivity index (χ4v) is 3.20. The Kier molecular flexibility index (Phi) is 6.42. The van der Waals surface area contributed by atoms with Crippen LogP contribution in [0.4, 0.5) is 0 Å². The lowest BCUT2D eigenvalue weighted by Gasteiger charge is -2.32. The van der Waals surface area contributed by atoms with Crippen LogP contribution in [-0.4, -0.2) is 66.4 Å². The third-order valence-electron chi connectivity index (χ3n) is 4.62. The van der Waals surface area contributed by atoms with Gasteiger partial charge < -0.3 is 15.1 Å². The molecular weight excluding hydrogens is 364 g/mol. The molecule has 1 aromatic carbocycles. The lowest BCUT2D eigenvalue weighted by atomic mass is 10.1. The quantitative estimate of drug-likeness (QED) is 0.854. The van der Waals surface area contributed by atoms with Gasteiger partial charge in [-0.05, 0) is 43.3 Å². The minimum atomic E-state index is -0.287. The fraction of sp³-hybridized carbons (Fsp3) is 0.350. The Morgan fingerprint density at radius 1 is 1.15 bits per heavy atom. The molecule has 7 heteroatoms. The maximum absolute atomic E-state index is 12.6. The number of nitrogens with zero attached hydrogens (tertiary/aromatic N) is 3. The molecule has 6 nitrogen and oxygen atoms in total. The van der Waals surface area contributed by atoms with E-state index in [1.165, 1.54) is 6.20 Å². The van der Waals surface area contributed by atoms with Gasteiger partial charge in [-0.3, -0.25) is 14.6 Å². The highest BCUT2D eigenvalue weighted by molar-refractivity contribution is 6.30. The van der Waals surface area contributed by atoms with Gasteiger partial charge in [0.1, 0.15) is 5.69 Å². The first-order chi connectivity index (χ1) is 13.0. The summed E-state index contributed by atoms with van der Waals surface area (Å²) in [6.45, 7) is 3.57. The standard InChI is InChI=1S/C20H23ClN4O2/c1-24-9-11-25(12-10-24)20(27)16-6-8-22-18(14-16)19(26)23-7-5-15-3-2-4-17(21)13-15/h2-4,6,8,13-14H,5,7,9-12H2,1H3,(H,23,26). The van der Waals surface area contributed by atoms with Crippen LogP contribution >= 0.6 is 11.6 Å². The number of halogens is 1. The normalized spacial score (nSPS) is 14.8. The first-order valence-corrected chi connectivity index (χ1v) is 9.37. The van der Waals surface area contributed by atoms with Gasteiger partial charge in [-0.1, -0.05) is 23.7 Å². The van der Waals surface area contributed by atoms with Crippen LogP contribution in [0.1, 0.15) is 26.4 Å². The Morgan fingerprint density at radius 2 is 1.93 bits per heavy atom. The lowest BCUT2D eigenvalue weighted by Crippen LogP contribution is -2.47. The number of piperazine rings is 1. The van der Waals surface area contributed by atoms with Crippen molar-refractivity contribution in [3.05, 3.63) is 64.4 Å². The average molecular weight is 387 g/mol. The van der Waals surface area contributed by atoms with Gasteiger partial charge in [0.25, 0.3) is 11.8 Å². The average Bonchev–Trinajstić information content (AvgIpc) is 2.68. The second-order valence-corrected chi connectivity index (χ2v) is 7.10. The summed E-state index contributed by atoms with van der Waals surface area (Å²) >= 11 is 5.97. The summed E-state index contributed by atoms with van der Waals surface area (Å²) in [4.78, 5) is 33.1. The summed E-state index contributed by atoms with van der Waals surface area (Å²) in [6.07, 6.45) is 2.18. The predicted molar refractivity (Wildman–Crippen MR) is 105 cm³/mol. The van der Waals surface area contributed by atoms with Gasteiger partial charge in [-0.25, -0.2) is 0 Å². The van der Waals surface area contributed by atoms with Crippen molar-refractivity contribution in [2.45, 2.75) is 6.42 Å². The first kappa shape index (κ1) is 19.3. The van der Waals surface area contributed by atoms with Gasteiger partial charge in [0, 0.05) is 49.5 Å². The zero-order chi connectivity index (χ0) is 19.2. The molecule has 0 atom stereocenters. The summed E-state index contributed by atoms with van der Waals surface area (Å²) in [5, 5.41) is 3.52. The summed E-state index contributed by atoms with van der Waals surface area (Å²) in [5.74, 6) is -0.344. The van der Waals surface area contributed by atoms with Gasteiger partial charge in [0.05, 0.1) is 0 Å². The number of hydrogen-bond donors (Lipinski definition) is 1. The minimum absolute atomic E-state index is 0.0570. The van der Waals surface area contributed by atoms with Crippen molar-refractivity contribution in [2.24, 2.45) is 0 Å². The monoisotopic (exact) mass is 386 g/mol. The van der Waals surface area contributed by atoms with Crippen LogP contribution in [-0.2, 0) is 6.42 Å². The van der Waals surface area contributed by atoms with Crippen LogP contribution < -0.4 is 5.32 Å². The molecule has 0 spiro atoms. The Morgan fingerprint density at radius 3 is 2.67 bits per heavy atom. The fourth-order valence-electron chi connectivity index (χ4n) is 2.98. The minimum Gasteiger partial charge on any atom is -0.350 e. The first-order valence-electron chi connectivity index (χ1n) is 8.99. The van der Waals surface area contributed by atoms with E-state index in [0.29, 0.717) is 36.6 Å². The van der Waals surface area contributed by atoms with E-state index in [1.54, 1.807) is 12.1 Å². The third-order valence-corrected chi connectivity index (χ3v) is 4.85. The van der Waals surface area contributed by atoms with Crippen LogP contribution in [0.2, 0.25) is 5.02 Å². The van der Waals surface area contributed by atoms with E-state index >= 15 is 0 Å². The van der Waals surface area contributed by atoms with Gasteiger partial charge >= 0.3 is 0 Å². The van der Waals surface area contributed by atoms with E-state index < -0.39 is 0 Å². The number of nitrogens with one attached hydrogen (secondary N) is 1. The summed E-state index contributed by atoms with van der Waals surface area (Å²) in [7, 11) is 2.04. The molecule has 1 aromatic heterocycles. The SMILES string of the molecule is CN1CCN(C(=O)c2ccnc(C(=O)NCCc3cccc(Cl)c3)c2)CC1. The van der Waals surface area contributed by atoms with Crippen molar-refractivity contribution >= 4 is 23.4 Å². The largest absolute Gasteiger partial charge is 0.350 e. The Labute approximate surface area is 164 Å². The molecule has 2 heterocycles. The molecule has 1 saturated heterocycles. The predicted octanol–water partition coefficient (Wildman–Crippen LogP) is 2.10. The molecule has 0 unspecified atom stereocenters.